The second-order valence-electron chi connectivity index (χ2n) is 7.68. The van der Waals surface area contributed by atoms with Crippen molar-refractivity contribution in [2.45, 2.75) is 18.8 Å². The molecular weight excluding hydrogens is 408 g/mol. The molecule has 1 aromatic carbocycles. The lowest BCUT2D eigenvalue weighted by molar-refractivity contribution is 0.491. The van der Waals surface area contributed by atoms with E-state index in [0.29, 0.717) is 5.92 Å². The molecule has 8 nitrogen and oxygen atoms in total. The molecule has 0 bridgehead atoms. The van der Waals surface area contributed by atoms with Crippen molar-refractivity contribution in [1.29, 1.82) is 0 Å². The zero-order valence-corrected chi connectivity index (χ0v) is 17.5. The topological polar surface area (TPSA) is 87.9 Å². The fraction of sp³-hybridized carbons (Fsp3) is 0.227. The minimum atomic E-state index is 0.306. The van der Waals surface area contributed by atoms with E-state index in [0.717, 1.165) is 64.5 Å². The number of fused-ring (bicyclic) bond motifs is 1. The normalized spacial score (nSPS) is 16.8. The van der Waals surface area contributed by atoms with E-state index in [1.807, 2.05) is 59.4 Å². The molecule has 5 heterocycles. The molecule has 1 unspecified atom stereocenters. The van der Waals surface area contributed by atoms with Crippen LogP contribution in [0.25, 0.3) is 27.6 Å². The van der Waals surface area contributed by atoms with E-state index in [1.54, 1.807) is 17.5 Å². The Bertz CT molecular complexity index is 1280. The number of pyridine rings is 1. The summed E-state index contributed by atoms with van der Waals surface area (Å²) >= 11 is 1.62. The summed E-state index contributed by atoms with van der Waals surface area (Å²) in [6.07, 6.45) is 7.74. The first kappa shape index (κ1) is 18.2. The third-order valence-corrected chi connectivity index (χ3v) is 6.59. The zero-order chi connectivity index (χ0) is 20.6. The van der Waals surface area contributed by atoms with Gasteiger partial charge in [0, 0.05) is 42.5 Å². The highest BCUT2D eigenvalue weighted by Gasteiger charge is 2.26. The molecule has 0 spiro atoms. The molecule has 31 heavy (non-hydrogen) atoms. The largest absolute Gasteiger partial charge is 0.346 e. The van der Waals surface area contributed by atoms with Gasteiger partial charge in [0.15, 0.2) is 5.82 Å². The minimum Gasteiger partial charge on any atom is -0.346 e. The van der Waals surface area contributed by atoms with Gasteiger partial charge in [-0.05, 0) is 25.0 Å². The Balaban J connectivity index is 1.22. The van der Waals surface area contributed by atoms with Crippen molar-refractivity contribution in [2.24, 2.45) is 0 Å². The number of hydrogen-bond donors (Lipinski definition) is 1. The van der Waals surface area contributed by atoms with Crippen LogP contribution in [0.4, 0.5) is 5.13 Å². The Morgan fingerprint density at radius 1 is 1.03 bits per heavy atom. The maximum Gasteiger partial charge on any atom is 0.214 e. The van der Waals surface area contributed by atoms with Crippen molar-refractivity contribution in [2.75, 3.05) is 18.0 Å². The predicted molar refractivity (Wildman–Crippen MR) is 120 cm³/mol. The molecule has 4 aromatic heterocycles. The van der Waals surface area contributed by atoms with E-state index in [4.69, 9.17) is 15.1 Å². The predicted octanol–water partition coefficient (Wildman–Crippen LogP) is 4.02. The highest BCUT2D eigenvalue weighted by atomic mass is 32.1. The summed E-state index contributed by atoms with van der Waals surface area (Å²) in [4.78, 5) is 16.9. The monoisotopic (exact) mass is 428 g/mol. The van der Waals surface area contributed by atoms with E-state index >= 15 is 0 Å². The van der Waals surface area contributed by atoms with Crippen molar-refractivity contribution in [1.82, 2.24) is 34.8 Å². The number of aromatic nitrogens is 7. The van der Waals surface area contributed by atoms with Gasteiger partial charge in [-0.3, -0.25) is 10.1 Å². The van der Waals surface area contributed by atoms with Gasteiger partial charge in [-0.15, -0.1) is 5.10 Å². The molecule has 1 N–H and O–H groups in total. The number of benzene rings is 1. The van der Waals surface area contributed by atoms with Gasteiger partial charge in [0.2, 0.25) is 10.1 Å². The number of H-pyrrole nitrogens is 1. The second-order valence-corrected chi connectivity index (χ2v) is 8.61. The lowest BCUT2D eigenvalue weighted by Crippen LogP contribution is -2.34. The van der Waals surface area contributed by atoms with E-state index < -0.39 is 0 Å². The van der Waals surface area contributed by atoms with Crippen LogP contribution in [0.2, 0.25) is 0 Å². The molecule has 1 saturated heterocycles. The molecule has 0 radical (unpaired) electrons. The molecule has 154 valence electrons. The van der Waals surface area contributed by atoms with E-state index in [9.17, 15) is 0 Å². The molecule has 1 atom stereocenters. The average Bonchev–Trinajstić information content (AvgIpc) is 3.56. The number of piperidine rings is 1. The van der Waals surface area contributed by atoms with Crippen molar-refractivity contribution < 1.29 is 0 Å². The first-order valence-electron chi connectivity index (χ1n) is 10.3. The van der Waals surface area contributed by atoms with Crippen LogP contribution in [0.15, 0.2) is 61.1 Å². The van der Waals surface area contributed by atoms with Gasteiger partial charge < -0.3 is 4.90 Å². The zero-order valence-electron chi connectivity index (χ0n) is 16.7. The molecule has 6 rings (SSSR count). The molecule has 0 saturated carbocycles. The smallest absolute Gasteiger partial charge is 0.214 e. The standard InChI is InChI=1S/C22H20N8S/c1-2-6-15(7-3-1)19-25-20(27-26-19)17-9-5-11-29(13-17)22-28-30-14-18(24-21(30)31-22)16-8-4-10-23-12-16/h1-4,6-8,10,12,14,17H,5,9,11,13H2,(H,25,26,27). The van der Waals surface area contributed by atoms with Crippen LogP contribution in [0.1, 0.15) is 24.6 Å². The SMILES string of the molecule is c1ccc(-c2n[nH]c(C3CCCN(c4nn5cc(-c6cccnc6)nc5s4)C3)n2)cc1. The number of rotatable bonds is 4. The lowest BCUT2D eigenvalue weighted by Gasteiger charge is -2.30. The average molecular weight is 429 g/mol. The summed E-state index contributed by atoms with van der Waals surface area (Å²) in [5.41, 5.74) is 2.92. The van der Waals surface area contributed by atoms with Crippen LogP contribution < -0.4 is 4.90 Å². The Hall–Kier alpha value is -3.59. The lowest BCUT2D eigenvalue weighted by atomic mass is 9.98. The van der Waals surface area contributed by atoms with Crippen LogP contribution in [0.5, 0.6) is 0 Å². The highest BCUT2D eigenvalue weighted by Crippen LogP contribution is 2.32. The van der Waals surface area contributed by atoms with E-state index in [-0.39, 0.29) is 0 Å². The van der Waals surface area contributed by atoms with E-state index in [2.05, 4.69) is 20.1 Å². The summed E-state index contributed by atoms with van der Waals surface area (Å²) in [5.74, 6) is 2.01. The van der Waals surface area contributed by atoms with Crippen LogP contribution in [-0.2, 0) is 0 Å². The summed E-state index contributed by atoms with van der Waals surface area (Å²) in [7, 11) is 0. The Morgan fingerprint density at radius 2 is 1.94 bits per heavy atom. The minimum absolute atomic E-state index is 0.306. The third kappa shape index (κ3) is 3.46. The Morgan fingerprint density at radius 3 is 2.77 bits per heavy atom. The first-order chi connectivity index (χ1) is 15.3. The molecule has 1 aliphatic rings. The highest BCUT2D eigenvalue weighted by molar-refractivity contribution is 7.20. The van der Waals surface area contributed by atoms with Crippen LogP contribution in [0.3, 0.4) is 0 Å². The van der Waals surface area contributed by atoms with Gasteiger partial charge >= 0.3 is 0 Å². The Kier molecular flexibility index (Phi) is 4.45. The Labute approximate surface area is 182 Å². The molecule has 1 fully saturated rings. The van der Waals surface area contributed by atoms with Crippen molar-refractivity contribution >= 4 is 21.4 Å². The third-order valence-electron chi connectivity index (χ3n) is 5.60. The van der Waals surface area contributed by atoms with Crippen molar-refractivity contribution in [3.8, 4) is 22.6 Å². The number of nitrogens with one attached hydrogen (secondary N) is 1. The van der Waals surface area contributed by atoms with Gasteiger partial charge in [0.25, 0.3) is 0 Å². The van der Waals surface area contributed by atoms with Crippen LogP contribution in [0, 0.1) is 0 Å². The van der Waals surface area contributed by atoms with Crippen molar-refractivity contribution in [3.05, 3.63) is 66.9 Å². The van der Waals surface area contributed by atoms with Crippen LogP contribution in [-0.4, -0.2) is 47.9 Å². The quantitative estimate of drug-likeness (QED) is 0.465. The summed E-state index contributed by atoms with van der Waals surface area (Å²) < 4.78 is 1.87. The fourth-order valence-corrected chi connectivity index (χ4v) is 4.94. The fourth-order valence-electron chi connectivity index (χ4n) is 4.02. The van der Waals surface area contributed by atoms with Gasteiger partial charge in [0.1, 0.15) is 5.82 Å². The number of anilines is 1. The van der Waals surface area contributed by atoms with Gasteiger partial charge in [-0.25, -0.2) is 14.5 Å². The summed E-state index contributed by atoms with van der Waals surface area (Å²) in [6.45, 7) is 1.86. The first-order valence-corrected chi connectivity index (χ1v) is 11.1. The van der Waals surface area contributed by atoms with Crippen LogP contribution >= 0.6 is 11.3 Å². The molecular formula is C22H20N8S. The molecule has 5 aromatic rings. The number of imidazole rings is 1. The number of nitrogens with zero attached hydrogens (tertiary/aromatic N) is 7. The summed E-state index contributed by atoms with van der Waals surface area (Å²) in [5, 5.41) is 13.4. The van der Waals surface area contributed by atoms with Crippen molar-refractivity contribution in [3.63, 3.8) is 0 Å². The second kappa shape index (κ2) is 7.59. The molecule has 0 aliphatic carbocycles. The number of hydrogen-bond acceptors (Lipinski definition) is 7. The van der Waals surface area contributed by atoms with Gasteiger partial charge in [0.05, 0.1) is 11.9 Å². The van der Waals surface area contributed by atoms with E-state index in [1.165, 1.54) is 0 Å². The van der Waals surface area contributed by atoms with Gasteiger partial charge in [-0.1, -0.05) is 41.7 Å². The summed E-state index contributed by atoms with van der Waals surface area (Å²) in [6, 6.07) is 14.0. The molecule has 0 amide bonds. The van der Waals surface area contributed by atoms with Gasteiger partial charge in [-0.2, -0.15) is 5.10 Å². The molecule has 9 heteroatoms. The molecule has 1 aliphatic heterocycles. The maximum atomic E-state index is 4.80. The number of aromatic amines is 1. The maximum absolute atomic E-state index is 4.80.